The number of ether oxygens (including phenoxy) is 1. The zero-order valence-corrected chi connectivity index (χ0v) is 13.4. The Morgan fingerprint density at radius 1 is 1.24 bits per heavy atom. The van der Waals surface area contributed by atoms with Crippen LogP contribution in [0.5, 0.6) is 5.75 Å². The van der Waals surface area contributed by atoms with Crippen molar-refractivity contribution in [2.45, 2.75) is 39.7 Å². The maximum Gasteiger partial charge on any atom is 0.119 e. The molecule has 0 amide bonds. The molecule has 0 aliphatic heterocycles. The fraction of sp³-hybridized carbons (Fsp3) is 0.647. The number of hydrogen-bond donors (Lipinski definition) is 3. The molecule has 0 spiro atoms. The molecule has 1 rings (SSSR count). The molecule has 0 aromatic heterocycles. The molecular formula is C17H29NO3. The van der Waals surface area contributed by atoms with Gasteiger partial charge < -0.3 is 20.3 Å². The second-order valence-electron chi connectivity index (χ2n) is 6.40. The molecule has 1 atom stereocenters. The highest BCUT2D eigenvalue weighted by Gasteiger charge is 2.17. The largest absolute Gasteiger partial charge is 0.491 e. The van der Waals surface area contributed by atoms with Gasteiger partial charge in [-0.3, -0.25) is 0 Å². The highest BCUT2D eigenvalue weighted by atomic mass is 16.5. The topological polar surface area (TPSA) is 61.7 Å². The van der Waals surface area contributed by atoms with Crippen molar-refractivity contribution >= 4 is 0 Å². The van der Waals surface area contributed by atoms with Crippen LogP contribution in [0.2, 0.25) is 0 Å². The van der Waals surface area contributed by atoms with Crippen LogP contribution in [-0.2, 0) is 0 Å². The lowest BCUT2D eigenvalue weighted by Crippen LogP contribution is -2.37. The van der Waals surface area contributed by atoms with E-state index < -0.39 is 6.10 Å². The van der Waals surface area contributed by atoms with E-state index in [0.29, 0.717) is 6.54 Å². The van der Waals surface area contributed by atoms with E-state index in [-0.39, 0.29) is 18.6 Å². The molecule has 0 aliphatic rings. The maximum atomic E-state index is 9.91. The molecule has 3 N–H and O–H groups in total. The standard InChI is InChI=1S/C17H29NO3/c1-14-5-7-16(8-6-14)21-12-15(20)11-18-13-17(2,3)9-4-10-19/h5-8,15,18-20H,4,9-13H2,1-3H3. The van der Waals surface area contributed by atoms with Gasteiger partial charge in [-0.15, -0.1) is 0 Å². The third kappa shape index (κ3) is 8.05. The molecule has 0 saturated heterocycles. The monoisotopic (exact) mass is 295 g/mol. The van der Waals surface area contributed by atoms with Crippen molar-refractivity contribution in [1.82, 2.24) is 5.32 Å². The van der Waals surface area contributed by atoms with Crippen LogP contribution >= 0.6 is 0 Å². The van der Waals surface area contributed by atoms with E-state index in [4.69, 9.17) is 9.84 Å². The van der Waals surface area contributed by atoms with Gasteiger partial charge in [0.05, 0.1) is 0 Å². The van der Waals surface area contributed by atoms with Gasteiger partial charge in [-0.2, -0.15) is 0 Å². The molecule has 1 aromatic carbocycles. The van der Waals surface area contributed by atoms with E-state index in [0.717, 1.165) is 25.1 Å². The Bertz CT molecular complexity index is 390. The molecule has 4 heteroatoms. The average molecular weight is 295 g/mol. The number of aliphatic hydroxyl groups excluding tert-OH is 2. The minimum absolute atomic E-state index is 0.125. The summed E-state index contributed by atoms with van der Waals surface area (Å²) in [5, 5.41) is 22.0. The molecule has 120 valence electrons. The van der Waals surface area contributed by atoms with Gasteiger partial charge in [-0.05, 0) is 37.3 Å². The lowest BCUT2D eigenvalue weighted by Gasteiger charge is -2.25. The van der Waals surface area contributed by atoms with Gasteiger partial charge in [0, 0.05) is 19.7 Å². The Morgan fingerprint density at radius 3 is 2.52 bits per heavy atom. The summed E-state index contributed by atoms with van der Waals surface area (Å²) in [5.41, 5.74) is 1.31. The maximum absolute atomic E-state index is 9.91. The minimum atomic E-state index is -0.528. The molecule has 1 unspecified atom stereocenters. The summed E-state index contributed by atoms with van der Waals surface area (Å²) >= 11 is 0. The van der Waals surface area contributed by atoms with Crippen LogP contribution in [0.4, 0.5) is 0 Å². The Labute approximate surface area is 128 Å². The van der Waals surface area contributed by atoms with Crippen molar-refractivity contribution in [3.8, 4) is 5.75 Å². The van der Waals surface area contributed by atoms with Crippen molar-refractivity contribution in [3.05, 3.63) is 29.8 Å². The van der Waals surface area contributed by atoms with Gasteiger partial charge in [0.25, 0.3) is 0 Å². The van der Waals surface area contributed by atoms with Crippen LogP contribution in [0.1, 0.15) is 32.3 Å². The van der Waals surface area contributed by atoms with Crippen LogP contribution in [-0.4, -0.2) is 42.6 Å². The molecule has 0 aliphatic carbocycles. The highest BCUT2D eigenvalue weighted by molar-refractivity contribution is 5.26. The van der Waals surface area contributed by atoms with Crippen LogP contribution in [0.3, 0.4) is 0 Å². The Kier molecular flexibility index (Phi) is 7.72. The van der Waals surface area contributed by atoms with Crippen LogP contribution in [0.25, 0.3) is 0 Å². The van der Waals surface area contributed by atoms with E-state index in [2.05, 4.69) is 19.2 Å². The lowest BCUT2D eigenvalue weighted by atomic mass is 9.88. The number of aryl methyl sites for hydroxylation is 1. The Balaban J connectivity index is 2.19. The SMILES string of the molecule is Cc1ccc(OCC(O)CNCC(C)(C)CCCO)cc1. The molecule has 0 fully saturated rings. The van der Waals surface area contributed by atoms with Gasteiger partial charge in [0.2, 0.25) is 0 Å². The van der Waals surface area contributed by atoms with Crippen molar-refractivity contribution in [1.29, 1.82) is 0 Å². The zero-order chi connectivity index (χ0) is 15.7. The predicted molar refractivity (Wildman–Crippen MR) is 85.7 cm³/mol. The predicted octanol–water partition coefficient (Wildman–Crippen LogP) is 2.12. The molecule has 0 radical (unpaired) electrons. The third-order valence-electron chi connectivity index (χ3n) is 3.46. The van der Waals surface area contributed by atoms with Crippen molar-refractivity contribution in [2.75, 3.05) is 26.3 Å². The highest BCUT2D eigenvalue weighted by Crippen LogP contribution is 2.20. The Hall–Kier alpha value is -1.10. The lowest BCUT2D eigenvalue weighted by molar-refractivity contribution is 0.103. The van der Waals surface area contributed by atoms with Gasteiger partial charge in [-0.25, -0.2) is 0 Å². The van der Waals surface area contributed by atoms with Crippen LogP contribution < -0.4 is 10.1 Å². The summed E-state index contributed by atoms with van der Waals surface area (Å²) in [5.74, 6) is 0.780. The van der Waals surface area contributed by atoms with E-state index in [1.54, 1.807) is 0 Å². The van der Waals surface area contributed by atoms with Crippen LogP contribution in [0.15, 0.2) is 24.3 Å². The number of rotatable bonds is 10. The minimum Gasteiger partial charge on any atom is -0.491 e. The summed E-state index contributed by atoms with van der Waals surface area (Å²) in [6.45, 7) is 8.18. The fourth-order valence-corrected chi connectivity index (χ4v) is 2.11. The average Bonchev–Trinajstić information content (AvgIpc) is 2.44. The van der Waals surface area contributed by atoms with Crippen molar-refractivity contribution in [3.63, 3.8) is 0 Å². The van der Waals surface area contributed by atoms with Gasteiger partial charge in [0.1, 0.15) is 18.5 Å². The molecule has 1 aromatic rings. The van der Waals surface area contributed by atoms with Crippen LogP contribution in [0, 0.1) is 12.3 Å². The van der Waals surface area contributed by atoms with Crippen molar-refractivity contribution in [2.24, 2.45) is 5.41 Å². The first-order chi connectivity index (χ1) is 9.93. The van der Waals surface area contributed by atoms with Gasteiger partial charge >= 0.3 is 0 Å². The summed E-state index contributed by atoms with van der Waals surface area (Å²) in [7, 11) is 0. The normalized spacial score (nSPS) is 13.2. The van der Waals surface area contributed by atoms with E-state index in [9.17, 15) is 5.11 Å². The number of hydrogen-bond acceptors (Lipinski definition) is 4. The third-order valence-corrected chi connectivity index (χ3v) is 3.46. The summed E-state index contributed by atoms with van der Waals surface area (Å²) < 4.78 is 5.55. The van der Waals surface area contributed by atoms with Gasteiger partial charge in [-0.1, -0.05) is 31.5 Å². The zero-order valence-electron chi connectivity index (χ0n) is 13.4. The molecule has 0 bridgehead atoms. The molecule has 4 nitrogen and oxygen atoms in total. The first-order valence-electron chi connectivity index (χ1n) is 7.62. The van der Waals surface area contributed by atoms with E-state index >= 15 is 0 Å². The number of aliphatic hydroxyl groups is 2. The molecule has 21 heavy (non-hydrogen) atoms. The van der Waals surface area contributed by atoms with E-state index in [1.165, 1.54) is 5.56 Å². The summed E-state index contributed by atoms with van der Waals surface area (Å²) in [6, 6.07) is 7.80. The van der Waals surface area contributed by atoms with Crippen molar-refractivity contribution < 1.29 is 14.9 Å². The molecule has 0 saturated carbocycles. The first-order valence-corrected chi connectivity index (χ1v) is 7.62. The second-order valence-corrected chi connectivity index (χ2v) is 6.40. The quantitative estimate of drug-likeness (QED) is 0.619. The van der Waals surface area contributed by atoms with E-state index in [1.807, 2.05) is 31.2 Å². The fourth-order valence-electron chi connectivity index (χ4n) is 2.11. The smallest absolute Gasteiger partial charge is 0.119 e. The molecule has 0 heterocycles. The first kappa shape index (κ1) is 18.0. The number of nitrogens with one attached hydrogen (secondary N) is 1. The summed E-state index contributed by atoms with van der Waals surface area (Å²) in [6.07, 6.45) is 1.25. The summed E-state index contributed by atoms with van der Waals surface area (Å²) in [4.78, 5) is 0. The second kappa shape index (κ2) is 9.03. The molecular weight excluding hydrogens is 266 g/mol. The van der Waals surface area contributed by atoms with Gasteiger partial charge in [0.15, 0.2) is 0 Å². The number of benzene rings is 1. The Morgan fingerprint density at radius 2 is 1.90 bits per heavy atom.